The Morgan fingerprint density at radius 1 is 0.783 bits per heavy atom. The second kappa shape index (κ2) is 5.06. The van der Waals surface area contributed by atoms with Gasteiger partial charge < -0.3 is 16.0 Å². The van der Waals surface area contributed by atoms with Crippen LogP contribution in [0.3, 0.4) is 0 Å². The molecular formula is C20H31N3. The van der Waals surface area contributed by atoms with Crippen molar-refractivity contribution in [3.63, 3.8) is 0 Å². The molecule has 0 amide bonds. The summed E-state index contributed by atoms with van der Waals surface area (Å²) in [5, 5.41) is 11.7. The largest absolute Gasteiger partial charge is 0.316 e. The van der Waals surface area contributed by atoms with Crippen LogP contribution in [0.25, 0.3) is 0 Å². The lowest BCUT2D eigenvalue weighted by Crippen LogP contribution is -2.59. The average molecular weight is 313 g/mol. The first kappa shape index (κ1) is 13.9. The van der Waals surface area contributed by atoms with E-state index in [1.807, 2.05) is 5.57 Å². The van der Waals surface area contributed by atoms with Crippen LogP contribution >= 0.6 is 0 Å². The third-order valence-corrected chi connectivity index (χ3v) is 8.48. The zero-order chi connectivity index (χ0) is 15.0. The number of piperidine rings is 2. The van der Waals surface area contributed by atoms with Gasteiger partial charge >= 0.3 is 0 Å². The summed E-state index contributed by atoms with van der Waals surface area (Å²) in [7, 11) is 0. The Hall–Kier alpha value is -0.380. The molecule has 6 aliphatic rings. The number of nitrogens with one attached hydrogen (secondary N) is 3. The lowest BCUT2D eigenvalue weighted by Gasteiger charge is -2.50. The molecule has 0 bridgehead atoms. The van der Waals surface area contributed by atoms with Gasteiger partial charge in [-0.05, 0) is 87.1 Å². The maximum atomic E-state index is 4.07. The molecule has 126 valence electrons. The molecule has 2 saturated heterocycles. The van der Waals surface area contributed by atoms with Gasteiger partial charge in [-0.15, -0.1) is 0 Å². The van der Waals surface area contributed by atoms with E-state index in [1.165, 1.54) is 64.7 Å². The van der Waals surface area contributed by atoms with Gasteiger partial charge in [0, 0.05) is 25.2 Å². The highest BCUT2D eigenvalue weighted by molar-refractivity contribution is 5.33. The Morgan fingerprint density at radius 3 is 2.70 bits per heavy atom. The van der Waals surface area contributed by atoms with Crippen molar-refractivity contribution in [3.8, 4) is 0 Å². The number of hydrogen-bond acceptors (Lipinski definition) is 3. The molecule has 0 radical (unpaired) electrons. The highest BCUT2D eigenvalue weighted by Crippen LogP contribution is 2.56. The van der Waals surface area contributed by atoms with Gasteiger partial charge in [-0.1, -0.05) is 11.1 Å². The monoisotopic (exact) mass is 313 g/mol. The van der Waals surface area contributed by atoms with Gasteiger partial charge in [-0.25, -0.2) is 0 Å². The first-order chi connectivity index (χ1) is 11.4. The van der Waals surface area contributed by atoms with Gasteiger partial charge in [0.05, 0.1) is 0 Å². The van der Waals surface area contributed by atoms with E-state index in [4.69, 9.17) is 0 Å². The second-order valence-electron chi connectivity index (χ2n) is 9.33. The average Bonchev–Trinajstić information content (AvgIpc) is 3.02. The summed E-state index contributed by atoms with van der Waals surface area (Å²) in [5.74, 6) is 5.87. The van der Waals surface area contributed by atoms with Crippen LogP contribution in [0.4, 0.5) is 0 Å². The van der Waals surface area contributed by atoms with Gasteiger partial charge in [-0.3, -0.25) is 0 Å². The summed E-state index contributed by atoms with van der Waals surface area (Å²) in [6.45, 7) is 5.05. The standard InChI is InChI=1S/C20H31N3/c1-2-11-8-22-19(14(11)3-1)18-10-23-20(16-6-15(16)18)17-9-21-7-12-4-5-13(12)17/h12-13,15-23H,1-10H2. The van der Waals surface area contributed by atoms with Crippen LogP contribution in [0.5, 0.6) is 0 Å². The van der Waals surface area contributed by atoms with E-state index in [1.54, 1.807) is 5.57 Å². The summed E-state index contributed by atoms with van der Waals surface area (Å²) in [5.41, 5.74) is 3.61. The molecule has 0 spiro atoms. The number of hydrogen-bond donors (Lipinski definition) is 3. The summed E-state index contributed by atoms with van der Waals surface area (Å²) >= 11 is 0. The van der Waals surface area contributed by atoms with Gasteiger partial charge in [-0.2, -0.15) is 0 Å². The van der Waals surface area contributed by atoms with Crippen LogP contribution in [0.15, 0.2) is 11.1 Å². The predicted molar refractivity (Wildman–Crippen MR) is 92.1 cm³/mol. The predicted octanol–water partition coefficient (Wildman–Crippen LogP) is 1.91. The van der Waals surface area contributed by atoms with E-state index >= 15 is 0 Å². The molecule has 23 heavy (non-hydrogen) atoms. The van der Waals surface area contributed by atoms with Crippen molar-refractivity contribution in [2.75, 3.05) is 26.2 Å². The second-order valence-corrected chi connectivity index (χ2v) is 9.33. The quantitative estimate of drug-likeness (QED) is 0.682. The van der Waals surface area contributed by atoms with E-state index in [0.717, 1.165) is 47.6 Å². The van der Waals surface area contributed by atoms with Gasteiger partial charge in [0.25, 0.3) is 0 Å². The zero-order valence-electron chi connectivity index (χ0n) is 14.2. The minimum Gasteiger partial charge on any atom is -0.316 e. The topological polar surface area (TPSA) is 36.1 Å². The molecule has 0 aromatic carbocycles. The van der Waals surface area contributed by atoms with Crippen molar-refractivity contribution in [1.82, 2.24) is 16.0 Å². The Kier molecular flexibility index (Phi) is 3.05. The normalized spacial score (nSPS) is 54.3. The fourth-order valence-electron chi connectivity index (χ4n) is 7.11. The lowest BCUT2D eigenvalue weighted by atomic mass is 9.62. The lowest BCUT2D eigenvalue weighted by molar-refractivity contribution is 0.0305. The summed E-state index contributed by atoms with van der Waals surface area (Å²) < 4.78 is 0. The van der Waals surface area contributed by atoms with Gasteiger partial charge in [0.1, 0.15) is 0 Å². The van der Waals surface area contributed by atoms with Crippen molar-refractivity contribution < 1.29 is 0 Å². The fourth-order valence-corrected chi connectivity index (χ4v) is 7.11. The van der Waals surface area contributed by atoms with Crippen molar-refractivity contribution in [2.24, 2.45) is 35.5 Å². The molecule has 3 nitrogen and oxygen atoms in total. The Labute approximate surface area is 140 Å². The van der Waals surface area contributed by atoms with Crippen LogP contribution in [0.1, 0.15) is 38.5 Å². The molecule has 8 atom stereocenters. The van der Waals surface area contributed by atoms with Crippen LogP contribution in [0, 0.1) is 35.5 Å². The molecule has 4 fully saturated rings. The first-order valence-electron chi connectivity index (χ1n) is 10.3. The number of rotatable bonds is 2. The van der Waals surface area contributed by atoms with E-state index in [9.17, 15) is 0 Å². The number of fused-ring (bicyclic) bond motifs is 2. The van der Waals surface area contributed by atoms with Crippen LogP contribution in [-0.2, 0) is 0 Å². The third-order valence-electron chi connectivity index (χ3n) is 8.48. The highest BCUT2D eigenvalue weighted by atomic mass is 15.1. The molecule has 2 saturated carbocycles. The van der Waals surface area contributed by atoms with Crippen molar-refractivity contribution in [3.05, 3.63) is 11.1 Å². The smallest absolute Gasteiger partial charge is 0.0328 e. The maximum absolute atomic E-state index is 4.07. The maximum Gasteiger partial charge on any atom is 0.0328 e. The summed E-state index contributed by atoms with van der Waals surface area (Å²) in [6.07, 6.45) is 8.71. The summed E-state index contributed by atoms with van der Waals surface area (Å²) in [4.78, 5) is 0. The van der Waals surface area contributed by atoms with Crippen LogP contribution < -0.4 is 16.0 Å². The van der Waals surface area contributed by atoms with Gasteiger partial charge in [0.15, 0.2) is 0 Å². The Bertz CT molecular complexity index is 541. The van der Waals surface area contributed by atoms with Crippen LogP contribution in [0.2, 0.25) is 0 Å². The minimum atomic E-state index is 0.733. The van der Waals surface area contributed by atoms with E-state index in [-0.39, 0.29) is 0 Å². The first-order valence-corrected chi connectivity index (χ1v) is 10.3. The zero-order valence-corrected chi connectivity index (χ0v) is 14.2. The molecule has 0 aromatic heterocycles. The molecule has 6 rings (SSSR count). The molecule has 3 heteroatoms. The molecule has 8 unspecified atom stereocenters. The third kappa shape index (κ3) is 1.99. The van der Waals surface area contributed by atoms with Crippen molar-refractivity contribution >= 4 is 0 Å². The molecule has 3 aliphatic heterocycles. The molecule has 3 N–H and O–H groups in total. The molecule has 0 aromatic rings. The molecule has 3 aliphatic carbocycles. The van der Waals surface area contributed by atoms with Crippen molar-refractivity contribution in [2.45, 2.75) is 50.6 Å². The molecule has 3 heterocycles. The van der Waals surface area contributed by atoms with E-state index < -0.39 is 0 Å². The minimum absolute atomic E-state index is 0.733. The Balaban J connectivity index is 1.17. The van der Waals surface area contributed by atoms with Crippen molar-refractivity contribution in [1.29, 1.82) is 0 Å². The van der Waals surface area contributed by atoms with Crippen LogP contribution in [-0.4, -0.2) is 38.3 Å². The van der Waals surface area contributed by atoms with Gasteiger partial charge in [0.2, 0.25) is 0 Å². The fraction of sp³-hybridized carbons (Fsp3) is 0.900. The van der Waals surface area contributed by atoms with E-state index in [0.29, 0.717) is 0 Å². The SMILES string of the molecule is C1CC2=C(C1)C(C1CNC(C3CNCC4CCC43)C3CC13)NC2. The Morgan fingerprint density at radius 2 is 1.78 bits per heavy atom. The summed E-state index contributed by atoms with van der Waals surface area (Å²) in [6, 6.07) is 1.56. The van der Waals surface area contributed by atoms with E-state index in [2.05, 4.69) is 16.0 Å². The highest BCUT2D eigenvalue weighted by Gasteiger charge is 2.57. The molecular weight excluding hydrogens is 282 g/mol.